The number of benzene rings is 1. The van der Waals surface area contributed by atoms with E-state index >= 15 is 0 Å². The first kappa shape index (κ1) is 17.3. The lowest BCUT2D eigenvalue weighted by Crippen LogP contribution is -2.39. The van der Waals surface area contributed by atoms with E-state index in [1.54, 1.807) is 4.31 Å². The average molecular weight is 395 g/mol. The van der Waals surface area contributed by atoms with Crippen molar-refractivity contribution in [3.63, 3.8) is 0 Å². The molecular weight excluding hydrogens is 374 g/mol. The van der Waals surface area contributed by atoms with Crippen LogP contribution in [0.4, 0.5) is 0 Å². The van der Waals surface area contributed by atoms with E-state index in [0.717, 1.165) is 23.7 Å². The summed E-state index contributed by atoms with van der Waals surface area (Å²) in [5.74, 6) is 1.22. The molecule has 0 radical (unpaired) electrons. The van der Waals surface area contributed by atoms with Gasteiger partial charge in [0.2, 0.25) is 10.0 Å². The first-order valence-electron chi connectivity index (χ1n) is 7.16. The lowest BCUT2D eigenvalue weighted by Gasteiger charge is -2.32. The van der Waals surface area contributed by atoms with Crippen LogP contribution in [-0.2, 0) is 10.0 Å². The van der Waals surface area contributed by atoms with Crippen molar-refractivity contribution >= 4 is 37.6 Å². The van der Waals surface area contributed by atoms with Gasteiger partial charge in [-0.2, -0.15) is 0 Å². The molecule has 1 heterocycles. The van der Waals surface area contributed by atoms with Crippen molar-refractivity contribution in [3.05, 3.63) is 34.3 Å². The quantitative estimate of drug-likeness (QED) is 0.712. The van der Waals surface area contributed by atoms with Crippen LogP contribution in [0.3, 0.4) is 0 Å². The summed E-state index contributed by atoms with van der Waals surface area (Å²) in [6.07, 6.45) is 4.24. The highest BCUT2D eigenvalue weighted by Gasteiger charge is 2.27. The molecule has 1 saturated heterocycles. The lowest BCUT2D eigenvalue weighted by molar-refractivity contribution is 0.249. The van der Waals surface area contributed by atoms with E-state index in [1.807, 2.05) is 12.1 Å². The van der Waals surface area contributed by atoms with Gasteiger partial charge in [0, 0.05) is 23.4 Å². The summed E-state index contributed by atoms with van der Waals surface area (Å²) in [6.45, 7) is 1.28. The number of halogens is 2. The SMILES string of the molecule is CS(=O)(=O)N1CCCC(CC(CCl)c2cccc(Br)c2)C1. The van der Waals surface area contributed by atoms with E-state index in [-0.39, 0.29) is 5.92 Å². The molecule has 0 saturated carbocycles. The zero-order valence-electron chi connectivity index (χ0n) is 12.1. The van der Waals surface area contributed by atoms with Crippen LogP contribution in [0, 0.1) is 5.92 Å². The van der Waals surface area contributed by atoms with Gasteiger partial charge in [0.15, 0.2) is 0 Å². The molecular formula is C15H21BrClNO2S. The van der Waals surface area contributed by atoms with Crippen LogP contribution in [0.15, 0.2) is 28.7 Å². The molecule has 2 unspecified atom stereocenters. The average Bonchev–Trinajstić information content (AvgIpc) is 2.44. The molecule has 0 bridgehead atoms. The van der Waals surface area contributed by atoms with Crippen LogP contribution in [0.2, 0.25) is 0 Å². The molecule has 1 aromatic rings. The molecule has 0 amide bonds. The normalized spacial score (nSPS) is 22.1. The summed E-state index contributed by atoms with van der Waals surface area (Å²) in [5.41, 5.74) is 1.22. The topological polar surface area (TPSA) is 37.4 Å². The predicted octanol–water partition coefficient (Wildman–Crippen LogP) is 3.83. The molecule has 0 aromatic heterocycles. The van der Waals surface area contributed by atoms with Crippen molar-refractivity contribution in [3.8, 4) is 0 Å². The van der Waals surface area contributed by atoms with E-state index in [0.29, 0.717) is 24.9 Å². The van der Waals surface area contributed by atoms with Crippen molar-refractivity contribution in [1.82, 2.24) is 4.31 Å². The van der Waals surface area contributed by atoms with Gasteiger partial charge in [-0.05, 0) is 48.8 Å². The van der Waals surface area contributed by atoms with Gasteiger partial charge in [0.1, 0.15) is 0 Å². The van der Waals surface area contributed by atoms with E-state index in [1.165, 1.54) is 11.8 Å². The zero-order chi connectivity index (χ0) is 15.5. The number of hydrogen-bond donors (Lipinski definition) is 0. The standard InChI is InChI=1S/C15H21BrClNO2S/c1-21(19,20)18-7-3-4-12(11-18)8-14(10-17)13-5-2-6-15(16)9-13/h2,5-6,9,12,14H,3-4,7-8,10-11H2,1H3. The summed E-state index contributed by atoms with van der Waals surface area (Å²) in [4.78, 5) is 0. The van der Waals surface area contributed by atoms with Crippen molar-refractivity contribution in [1.29, 1.82) is 0 Å². The molecule has 6 heteroatoms. The molecule has 3 nitrogen and oxygen atoms in total. The molecule has 1 aromatic carbocycles. The summed E-state index contributed by atoms with van der Waals surface area (Å²) in [7, 11) is -3.08. The summed E-state index contributed by atoms with van der Waals surface area (Å²) in [6, 6.07) is 8.21. The van der Waals surface area contributed by atoms with Crippen LogP contribution in [0.1, 0.15) is 30.7 Å². The molecule has 1 aliphatic rings. The molecule has 21 heavy (non-hydrogen) atoms. The fraction of sp³-hybridized carbons (Fsp3) is 0.600. The molecule has 118 valence electrons. The van der Waals surface area contributed by atoms with Gasteiger partial charge < -0.3 is 0 Å². The highest BCUT2D eigenvalue weighted by molar-refractivity contribution is 9.10. The van der Waals surface area contributed by atoms with Gasteiger partial charge in [-0.1, -0.05) is 28.1 Å². The highest BCUT2D eigenvalue weighted by atomic mass is 79.9. The van der Waals surface area contributed by atoms with Crippen molar-refractivity contribution < 1.29 is 8.42 Å². The second kappa shape index (κ2) is 7.44. The van der Waals surface area contributed by atoms with Gasteiger partial charge in [-0.25, -0.2) is 12.7 Å². The third kappa shape index (κ3) is 4.95. The summed E-state index contributed by atoms with van der Waals surface area (Å²) in [5, 5.41) is 0. The van der Waals surface area contributed by atoms with Crippen LogP contribution in [0.5, 0.6) is 0 Å². The fourth-order valence-electron chi connectivity index (χ4n) is 2.97. The predicted molar refractivity (Wildman–Crippen MR) is 91.4 cm³/mol. The Morgan fingerprint density at radius 1 is 1.48 bits per heavy atom. The Morgan fingerprint density at radius 2 is 2.24 bits per heavy atom. The number of piperidine rings is 1. The Hall–Kier alpha value is -0.100. The van der Waals surface area contributed by atoms with Crippen molar-refractivity contribution in [2.75, 3.05) is 25.2 Å². The van der Waals surface area contributed by atoms with E-state index in [2.05, 4.69) is 28.1 Å². The van der Waals surface area contributed by atoms with Gasteiger partial charge in [-0.15, -0.1) is 11.6 Å². The van der Waals surface area contributed by atoms with E-state index in [9.17, 15) is 8.42 Å². The Morgan fingerprint density at radius 3 is 2.86 bits per heavy atom. The first-order valence-corrected chi connectivity index (χ1v) is 10.3. The smallest absolute Gasteiger partial charge is 0.211 e. The second-order valence-corrected chi connectivity index (χ2v) is 8.98. The van der Waals surface area contributed by atoms with Crippen LogP contribution >= 0.6 is 27.5 Å². The number of alkyl halides is 1. The second-order valence-electron chi connectivity index (χ2n) is 5.77. The van der Waals surface area contributed by atoms with Crippen LogP contribution < -0.4 is 0 Å². The maximum atomic E-state index is 11.7. The molecule has 0 N–H and O–H groups in total. The molecule has 0 spiro atoms. The van der Waals surface area contributed by atoms with Gasteiger partial charge in [0.05, 0.1) is 6.26 Å². The zero-order valence-corrected chi connectivity index (χ0v) is 15.3. The molecule has 2 rings (SSSR count). The Labute approximate surface area is 140 Å². The monoisotopic (exact) mass is 393 g/mol. The van der Waals surface area contributed by atoms with Gasteiger partial charge in [-0.3, -0.25) is 0 Å². The molecule has 2 atom stereocenters. The highest BCUT2D eigenvalue weighted by Crippen LogP contribution is 2.31. The third-order valence-corrected chi connectivity index (χ3v) is 6.21. The minimum Gasteiger partial charge on any atom is -0.213 e. The van der Waals surface area contributed by atoms with Gasteiger partial charge in [0.25, 0.3) is 0 Å². The molecule has 1 aliphatic heterocycles. The minimum absolute atomic E-state index is 0.272. The lowest BCUT2D eigenvalue weighted by atomic mass is 9.86. The molecule has 1 fully saturated rings. The third-order valence-electron chi connectivity index (χ3n) is 4.07. The minimum atomic E-state index is -3.08. The first-order chi connectivity index (χ1) is 9.90. The van der Waals surface area contributed by atoms with Crippen LogP contribution in [0.25, 0.3) is 0 Å². The number of nitrogens with zero attached hydrogens (tertiary/aromatic N) is 1. The Kier molecular flexibility index (Phi) is 6.12. The maximum absolute atomic E-state index is 11.7. The number of sulfonamides is 1. The van der Waals surface area contributed by atoms with E-state index in [4.69, 9.17) is 11.6 Å². The van der Waals surface area contributed by atoms with E-state index < -0.39 is 10.0 Å². The summed E-state index contributed by atoms with van der Waals surface area (Å²) >= 11 is 9.64. The summed E-state index contributed by atoms with van der Waals surface area (Å²) < 4.78 is 26.0. The van der Waals surface area contributed by atoms with Crippen molar-refractivity contribution in [2.24, 2.45) is 5.92 Å². The number of hydrogen-bond acceptors (Lipinski definition) is 2. The number of rotatable bonds is 5. The molecule has 0 aliphatic carbocycles. The Balaban J connectivity index is 2.05. The Bertz CT molecular complexity index is 579. The largest absolute Gasteiger partial charge is 0.213 e. The maximum Gasteiger partial charge on any atom is 0.211 e. The fourth-order valence-corrected chi connectivity index (χ4v) is 4.63. The van der Waals surface area contributed by atoms with Crippen molar-refractivity contribution in [2.45, 2.75) is 25.2 Å². The van der Waals surface area contributed by atoms with Gasteiger partial charge >= 0.3 is 0 Å². The van der Waals surface area contributed by atoms with Crippen LogP contribution in [-0.4, -0.2) is 37.9 Å².